The molecule has 0 aliphatic carbocycles. The maximum atomic E-state index is 5.34. The fourth-order valence-electron chi connectivity index (χ4n) is 1.80. The SMILES string of the molecule is C1CC2COCCC2N1. The number of ether oxygens (including phenoxy) is 1. The molecule has 2 fully saturated rings. The van der Waals surface area contributed by atoms with Crippen molar-refractivity contribution < 1.29 is 4.74 Å². The highest BCUT2D eigenvalue weighted by molar-refractivity contribution is 4.85. The Hall–Kier alpha value is -0.0800. The molecule has 0 aromatic heterocycles. The highest BCUT2D eigenvalue weighted by atomic mass is 16.5. The van der Waals surface area contributed by atoms with Crippen molar-refractivity contribution in [2.75, 3.05) is 19.8 Å². The summed E-state index contributed by atoms with van der Waals surface area (Å²) < 4.78 is 5.34. The van der Waals surface area contributed by atoms with Crippen LogP contribution in [0.25, 0.3) is 0 Å². The van der Waals surface area contributed by atoms with E-state index in [4.69, 9.17) is 4.74 Å². The quantitative estimate of drug-likeness (QED) is 0.508. The van der Waals surface area contributed by atoms with E-state index in [0.717, 1.165) is 25.2 Å². The van der Waals surface area contributed by atoms with Gasteiger partial charge in [0.25, 0.3) is 0 Å². The van der Waals surface area contributed by atoms with E-state index in [0.29, 0.717) is 0 Å². The lowest BCUT2D eigenvalue weighted by Crippen LogP contribution is -2.34. The molecule has 2 rings (SSSR count). The van der Waals surface area contributed by atoms with Gasteiger partial charge in [0, 0.05) is 12.6 Å². The van der Waals surface area contributed by atoms with Gasteiger partial charge in [-0.15, -0.1) is 0 Å². The van der Waals surface area contributed by atoms with Gasteiger partial charge in [-0.05, 0) is 25.3 Å². The fourth-order valence-corrected chi connectivity index (χ4v) is 1.80. The Morgan fingerprint density at radius 2 is 2.33 bits per heavy atom. The van der Waals surface area contributed by atoms with Crippen LogP contribution >= 0.6 is 0 Å². The third kappa shape index (κ3) is 0.970. The summed E-state index contributed by atoms with van der Waals surface area (Å²) in [7, 11) is 0. The van der Waals surface area contributed by atoms with Crippen LogP contribution in [0, 0.1) is 5.92 Å². The maximum absolute atomic E-state index is 5.34. The zero-order chi connectivity index (χ0) is 6.10. The van der Waals surface area contributed by atoms with Crippen molar-refractivity contribution in [2.45, 2.75) is 18.9 Å². The van der Waals surface area contributed by atoms with Crippen molar-refractivity contribution in [1.29, 1.82) is 0 Å². The first-order valence-corrected chi connectivity index (χ1v) is 3.78. The van der Waals surface area contributed by atoms with Crippen LogP contribution in [0.5, 0.6) is 0 Å². The summed E-state index contributed by atoms with van der Waals surface area (Å²) in [6.07, 6.45) is 2.55. The van der Waals surface area contributed by atoms with E-state index in [1.54, 1.807) is 0 Å². The second kappa shape index (κ2) is 2.27. The van der Waals surface area contributed by atoms with Gasteiger partial charge in [-0.25, -0.2) is 0 Å². The van der Waals surface area contributed by atoms with Gasteiger partial charge >= 0.3 is 0 Å². The van der Waals surface area contributed by atoms with E-state index < -0.39 is 0 Å². The smallest absolute Gasteiger partial charge is 0.0509 e. The molecule has 2 aliphatic rings. The second-order valence-electron chi connectivity index (χ2n) is 2.97. The van der Waals surface area contributed by atoms with Gasteiger partial charge in [0.15, 0.2) is 0 Å². The molecule has 0 aromatic rings. The summed E-state index contributed by atoms with van der Waals surface area (Å²) in [6, 6.07) is 0.791. The van der Waals surface area contributed by atoms with Crippen LogP contribution < -0.4 is 5.32 Å². The number of hydrogen-bond acceptors (Lipinski definition) is 2. The summed E-state index contributed by atoms with van der Waals surface area (Å²) in [5, 5.41) is 3.48. The van der Waals surface area contributed by atoms with E-state index >= 15 is 0 Å². The topological polar surface area (TPSA) is 21.3 Å². The van der Waals surface area contributed by atoms with Crippen LogP contribution in [-0.4, -0.2) is 25.8 Å². The minimum Gasteiger partial charge on any atom is -0.381 e. The molecular weight excluding hydrogens is 114 g/mol. The van der Waals surface area contributed by atoms with Gasteiger partial charge < -0.3 is 10.1 Å². The van der Waals surface area contributed by atoms with E-state index in [1.807, 2.05) is 0 Å². The third-order valence-electron chi connectivity index (χ3n) is 2.40. The van der Waals surface area contributed by atoms with Gasteiger partial charge in [-0.2, -0.15) is 0 Å². The first kappa shape index (κ1) is 5.69. The lowest BCUT2D eigenvalue weighted by Gasteiger charge is -2.24. The predicted octanol–water partition coefficient (Wildman–Crippen LogP) is 0.385. The lowest BCUT2D eigenvalue weighted by molar-refractivity contribution is 0.0478. The molecule has 2 heteroatoms. The molecule has 2 unspecified atom stereocenters. The van der Waals surface area contributed by atoms with Crippen LogP contribution in [0.1, 0.15) is 12.8 Å². The average molecular weight is 127 g/mol. The zero-order valence-corrected chi connectivity index (χ0v) is 5.60. The average Bonchev–Trinajstić information content (AvgIpc) is 2.33. The monoisotopic (exact) mass is 127 g/mol. The van der Waals surface area contributed by atoms with Crippen LogP contribution in [0.2, 0.25) is 0 Å². The summed E-state index contributed by atoms with van der Waals surface area (Å²) in [4.78, 5) is 0. The van der Waals surface area contributed by atoms with Crippen molar-refractivity contribution in [2.24, 2.45) is 5.92 Å². The molecular formula is C7H13NO. The Labute approximate surface area is 55.6 Å². The molecule has 0 aromatic carbocycles. The maximum Gasteiger partial charge on any atom is 0.0509 e. The Balaban J connectivity index is 1.97. The van der Waals surface area contributed by atoms with Crippen molar-refractivity contribution in [3.63, 3.8) is 0 Å². The molecule has 2 aliphatic heterocycles. The van der Waals surface area contributed by atoms with Crippen LogP contribution in [0.3, 0.4) is 0 Å². The molecule has 1 N–H and O–H groups in total. The molecule has 0 saturated carbocycles. The van der Waals surface area contributed by atoms with E-state index in [9.17, 15) is 0 Å². The Kier molecular flexibility index (Phi) is 1.44. The Morgan fingerprint density at radius 3 is 3.22 bits per heavy atom. The van der Waals surface area contributed by atoms with Crippen molar-refractivity contribution >= 4 is 0 Å². The minimum absolute atomic E-state index is 0.791. The summed E-state index contributed by atoms with van der Waals surface area (Å²) in [5.74, 6) is 0.832. The molecule has 2 atom stereocenters. The number of rotatable bonds is 0. The van der Waals surface area contributed by atoms with Gasteiger partial charge in [0.05, 0.1) is 6.61 Å². The molecule has 0 amide bonds. The highest BCUT2D eigenvalue weighted by Crippen LogP contribution is 2.22. The molecule has 2 saturated heterocycles. The first-order chi connectivity index (χ1) is 4.47. The Morgan fingerprint density at radius 1 is 1.33 bits per heavy atom. The van der Waals surface area contributed by atoms with E-state index in [1.165, 1.54) is 19.4 Å². The van der Waals surface area contributed by atoms with Gasteiger partial charge in [-0.3, -0.25) is 0 Å². The molecule has 2 heterocycles. The molecule has 0 spiro atoms. The summed E-state index contributed by atoms with van der Waals surface area (Å²) >= 11 is 0. The number of hydrogen-bond donors (Lipinski definition) is 1. The van der Waals surface area contributed by atoms with E-state index in [-0.39, 0.29) is 0 Å². The predicted molar refractivity (Wildman–Crippen MR) is 35.3 cm³/mol. The van der Waals surface area contributed by atoms with Crippen LogP contribution in [-0.2, 0) is 4.74 Å². The van der Waals surface area contributed by atoms with E-state index in [2.05, 4.69) is 5.32 Å². The van der Waals surface area contributed by atoms with Crippen LogP contribution in [0.15, 0.2) is 0 Å². The van der Waals surface area contributed by atoms with Crippen LogP contribution in [0.4, 0.5) is 0 Å². The molecule has 52 valence electrons. The summed E-state index contributed by atoms with van der Waals surface area (Å²) in [6.45, 7) is 3.17. The summed E-state index contributed by atoms with van der Waals surface area (Å²) in [5.41, 5.74) is 0. The van der Waals surface area contributed by atoms with Gasteiger partial charge in [-0.1, -0.05) is 0 Å². The van der Waals surface area contributed by atoms with Gasteiger partial charge in [0.1, 0.15) is 0 Å². The standard InChI is InChI=1S/C7H13NO/c1-3-8-7-2-4-9-5-6(1)7/h6-8H,1-5H2. The third-order valence-corrected chi connectivity index (χ3v) is 2.40. The fraction of sp³-hybridized carbons (Fsp3) is 1.00. The second-order valence-corrected chi connectivity index (χ2v) is 2.97. The molecule has 0 bridgehead atoms. The normalized spacial score (nSPS) is 42.7. The van der Waals surface area contributed by atoms with Crippen molar-refractivity contribution in [1.82, 2.24) is 5.32 Å². The highest BCUT2D eigenvalue weighted by Gasteiger charge is 2.29. The van der Waals surface area contributed by atoms with Gasteiger partial charge in [0.2, 0.25) is 0 Å². The first-order valence-electron chi connectivity index (χ1n) is 3.78. The molecule has 0 radical (unpaired) electrons. The molecule has 9 heavy (non-hydrogen) atoms. The minimum atomic E-state index is 0.791. The van der Waals surface area contributed by atoms with Crippen molar-refractivity contribution in [3.05, 3.63) is 0 Å². The lowest BCUT2D eigenvalue weighted by atomic mass is 9.98. The number of nitrogens with one attached hydrogen (secondary N) is 1. The zero-order valence-electron chi connectivity index (χ0n) is 5.60. The largest absolute Gasteiger partial charge is 0.381 e. The molecule has 2 nitrogen and oxygen atoms in total. The Bertz CT molecular complexity index is 93.1. The van der Waals surface area contributed by atoms with Crippen molar-refractivity contribution in [3.8, 4) is 0 Å². The number of fused-ring (bicyclic) bond motifs is 1.